The van der Waals surface area contributed by atoms with Gasteiger partial charge in [0.05, 0.1) is 5.69 Å². The average molecular weight is 317 g/mol. The lowest BCUT2D eigenvalue weighted by Gasteiger charge is -2.33. The lowest BCUT2D eigenvalue weighted by Crippen LogP contribution is -2.48. The van der Waals surface area contributed by atoms with E-state index in [-0.39, 0.29) is 11.9 Å². The second-order valence-electron chi connectivity index (χ2n) is 5.95. The minimum atomic E-state index is -0.174. The van der Waals surface area contributed by atoms with Gasteiger partial charge in [-0.2, -0.15) is 0 Å². The van der Waals surface area contributed by atoms with Crippen LogP contribution in [0.15, 0.2) is 35.9 Å². The van der Waals surface area contributed by atoms with E-state index in [1.54, 1.807) is 6.92 Å². The Bertz CT molecular complexity index is 574. The normalized spacial score (nSPS) is 22.2. The van der Waals surface area contributed by atoms with E-state index in [1.165, 1.54) is 0 Å². The number of hydrogen-bond acceptors (Lipinski definition) is 5. The molecule has 0 spiro atoms. The van der Waals surface area contributed by atoms with Crippen LogP contribution in [0.1, 0.15) is 25.5 Å². The highest BCUT2D eigenvalue weighted by Gasteiger charge is 2.26. The van der Waals surface area contributed by atoms with Crippen LogP contribution in [0.3, 0.4) is 0 Å². The van der Waals surface area contributed by atoms with Gasteiger partial charge in [0.2, 0.25) is 5.76 Å². The Morgan fingerprint density at radius 1 is 1.39 bits per heavy atom. The molecule has 1 fully saturated rings. The Morgan fingerprint density at radius 3 is 3.04 bits per heavy atom. The lowest BCUT2D eigenvalue weighted by molar-refractivity contribution is -0.123. The van der Waals surface area contributed by atoms with E-state index in [1.807, 2.05) is 24.4 Å². The monoisotopic (exact) mass is 317 g/mol. The number of aromatic nitrogens is 1. The highest BCUT2D eigenvalue weighted by Crippen LogP contribution is 2.16. The zero-order chi connectivity index (χ0) is 16.1. The van der Waals surface area contributed by atoms with E-state index in [9.17, 15) is 4.79 Å². The van der Waals surface area contributed by atoms with Gasteiger partial charge < -0.3 is 14.8 Å². The van der Waals surface area contributed by atoms with Crippen molar-refractivity contribution in [2.75, 3.05) is 26.3 Å². The van der Waals surface area contributed by atoms with Crippen LogP contribution in [-0.4, -0.2) is 48.1 Å². The predicted octanol–water partition coefficient (Wildman–Crippen LogP) is 1.44. The number of amides is 1. The molecule has 0 saturated carbocycles. The molecule has 23 heavy (non-hydrogen) atoms. The zero-order valence-electron chi connectivity index (χ0n) is 13.5. The van der Waals surface area contributed by atoms with E-state index in [0.717, 1.165) is 38.2 Å². The molecule has 0 radical (unpaired) electrons. The maximum Gasteiger partial charge on any atom is 0.290 e. The lowest BCUT2D eigenvalue weighted by atomic mass is 10.1. The topological polar surface area (TPSA) is 63.7 Å². The van der Waals surface area contributed by atoms with Crippen molar-refractivity contribution in [3.05, 3.63) is 41.6 Å². The van der Waals surface area contributed by atoms with Crippen molar-refractivity contribution in [3.8, 4) is 0 Å². The Kier molecular flexibility index (Phi) is 5.12. The molecule has 3 rings (SSSR count). The second kappa shape index (κ2) is 7.46. The van der Waals surface area contributed by atoms with Crippen molar-refractivity contribution >= 4 is 5.91 Å². The first kappa shape index (κ1) is 15.8. The number of nitrogens with zero attached hydrogens (tertiary/aromatic N) is 2. The Morgan fingerprint density at radius 2 is 2.26 bits per heavy atom. The first-order valence-electron chi connectivity index (χ1n) is 8.12. The average Bonchev–Trinajstić information content (AvgIpc) is 2.56. The van der Waals surface area contributed by atoms with Crippen LogP contribution in [0.2, 0.25) is 0 Å². The number of carbonyl (C=O) groups excluding carboxylic acids is 1. The van der Waals surface area contributed by atoms with Gasteiger partial charge in [0.1, 0.15) is 19.0 Å². The molecule has 1 amide bonds. The summed E-state index contributed by atoms with van der Waals surface area (Å²) in [5, 5.41) is 3.07. The highest BCUT2D eigenvalue weighted by molar-refractivity contribution is 5.92. The largest absolute Gasteiger partial charge is 0.491 e. The van der Waals surface area contributed by atoms with Gasteiger partial charge >= 0.3 is 0 Å². The predicted molar refractivity (Wildman–Crippen MR) is 85.3 cm³/mol. The number of rotatable bonds is 4. The Hall–Kier alpha value is -2.08. The highest BCUT2D eigenvalue weighted by atomic mass is 16.6. The number of likely N-dealkylation sites (tertiary alicyclic amines) is 1. The van der Waals surface area contributed by atoms with Crippen molar-refractivity contribution in [1.82, 2.24) is 15.2 Å². The molecule has 0 aromatic carbocycles. The number of hydrogen-bond donors (Lipinski definition) is 1. The number of nitrogens with one attached hydrogen (secondary N) is 1. The molecule has 3 heterocycles. The van der Waals surface area contributed by atoms with E-state index in [0.29, 0.717) is 24.7 Å². The smallest absolute Gasteiger partial charge is 0.290 e. The molecule has 0 bridgehead atoms. The van der Waals surface area contributed by atoms with Crippen molar-refractivity contribution < 1.29 is 14.3 Å². The standard InChI is InChI=1S/C17H23N3O3/c1-13-16(23-10-9-22-13)17(21)19-15-6-4-8-20(12-15)11-14-5-2-3-7-18-14/h2-3,5,7,15H,4,6,8-12H2,1H3,(H,19,21)/t15-/m1/s1. The molecule has 6 nitrogen and oxygen atoms in total. The molecule has 1 atom stereocenters. The van der Waals surface area contributed by atoms with Crippen LogP contribution in [-0.2, 0) is 20.8 Å². The summed E-state index contributed by atoms with van der Waals surface area (Å²) in [5.41, 5.74) is 1.06. The van der Waals surface area contributed by atoms with Gasteiger partial charge in [0, 0.05) is 25.3 Å². The summed E-state index contributed by atoms with van der Waals surface area (Å²) in [6.07, 6.45) is 3.86. The second-order valence-corrected chi connectivity index (χ2v) is 5.95. The van der Waals surface area contributed by atoms with Crippen LogP contribution in [0.5, 0.6) is 0 Å². The van der Waals surface area contributed by atoms with Gasteiger partial charge in [-0.25, -0.2) is 0 Å². The Labute approximate surface area is 136 Å². The number of allylic oxidation sites excluding steroid dienone is 1. The SMILES string of the molecule is CC1=C(C(=O)N[C@@H]2CCCN(Cc3ccccn3)C2)OCCO1. The summed E-state index contributed by atoms with van der Waals surface area (Å²) < 4.78 is 10.8. The van der Waals surface area contributed by atoms with Crippen molar-refractivity contribution in [1.29, 1.82) is 0 Å². The molecule has 1 N–H and O–H groups in total. The fourth-order valence-electron chi connectivity index (χ4n) is 3.02. The van der Waals surface area contributed by atoms with Gasteiger partial charge in [0.15, 0.2) is 0 Å². The number of ether oxygens (including phenoxy) is 2. The molecule has 6 heteroatoms. The third kappa shape index (κ3) is 4.22. The van der Waals surface area contributed by atoms with Gasteiger partial charge in [0.25, 0.3) is 5.91 Å². The van der Waals surface area contributed by atoms with Crippen molar-refractivity contribution in [3.63, 3.8) is 0 Å². The Balaban J connectivity index is 1.55. The molecule has 1 saturated heterocycles. The molecule has 1 aromatic heterocycles. The minimum absolute atomic E-state index is 0.130. The van der Waals surface area contributed by atoms with Crippen molar-refractivity contribution in [2.45, 2.75) is 32.4 Å². The number of carbonyl (C=O) groups is 1. The number of pyridine rings is 1. The van der Waals surface area contributed by atoms with Gasteiger partial charge in [-0.3, -0.25) is 14.7 Å². The van der Waals surface area contributed by atoms with E-state index >= 15 is 0 Å². The summed E-state index contributed by atoms with van der Waals surface area (Å²) in [7, 11) is 0. The first-order valence-corrected chi connectivity index (χ1v) is 8.12. The van der Waals surface area contributed by atoms with Crippen LogP contribution in [0.4, 0.5) is 0 Å². The minimum Gasteiger partial charge on any atom is -0.491 e. The molecule has 2 aliphatic heterocycles. The summed E-state index contributed by atoms with van der Waals surface area (Å²) in [6.45, 7) is 5.37. The van der Waals surface area contributed by atoms with E-state index in [4.69, 9.17) is 9.47 Å². The van der Waals surface area contributed by atoms with Crippen LogP contribution in [0.25, 0.3) is 0 Å². The summed E-state index contributed by atoms with van der Waals surface area (Å²) in [5.74, 6) is 0.708. The van der Waals surface area contributed by atoms with Gasteiger partial charge in [-0.1, -0.05) is 6.07 Å². The molecule has 2 aliphatic rings. The maximum atomic E-state index is 12.3. The summed E-state index contributed by atoms with van der Waals surface area (Å²) >= 11 is 0. The molecule has 1 aromatic rings. The van der Waals surface area contributed by atoms with Crippen molar-refractivity contribution in [2.24, 2.45) is 0 Å². The molecular formula is C17H23N3O3. The molecule has 0 aliphatic carbocycles. The third-order valence-corrected chi connectivity index (χ3v) is 4.13. The van der Waals surface area contributed by atoms with Gasteiger partial charge in [-0.15, -0.1) is 0 Å². The quantitative estimate of drug-likeness (QED) is 0.910. The fourth-order valence-corrected chi connectivity index (χ4v) is 3.02. The van der Waals surface area contributed by atoms with Gasteiger partial charge in [-0.05, 0) is 38.4 Å². The van der Waals surface area contributed by atoms with Crippen LogP contribution < -0.4 is 5.32 Å². The molecule has 124 valence electrons. The van der Waals surface area contributed by atoms with E-state index < -0.39 is 0 Å². The van der Waals surface area contributed by atoms with Crippen LogP contribution >= 0.6 is 0 Å². The first-order chi connectivity index (χ1) is 11.2. The summed E-state index contributed by atoms with van der Waals surface area (Å²) in [4.78, 5) is 19.0. The third-order valence-electron chi connectivity index (χ3n) is 4.13. The number of piperidine rings is 1. The molecular weight excluding hydrogens is 294 g/mol. The molecule has 0 unspecified atom stereocenters. The maximum absolute atomic E-state index is 12.3. The van der Waals surface area contributed by atoms with E-state index in [2.05, 4.69) is 15.2 Å². The summed E-state index contributed by atoms with van der Waals surface area (Å²) in [6, 6.07) is 6.08. The zero-order valence-corrected chi connectivity index (χ0v) is 13.5. The fraction of sp³-hybridized carbons (Fsp3) is 0.529. The van der Waals surface area contributed by atoms with Crippen LogP contribution in [0, 0.1) is 0 Å².